The van der Waals surface area contributed by atoms with Crippen LogP contribution in [-0.4, -0.2) is 30.7 Å². The third-order valence-electron chi connectivity index (χ3n) is 2.54. The van der Waals surface area contributed by atoms with Crippen molar-refractivity contribution in [3.05, 3.63) is 35.1 Å². The molecule has 0 aliphatic rings. The second-order valence-corrected chi connectivity index (χ2v) is 4.18. The Labute approximate surface area is 100 Å². The summed E-state index contributed by atoms with van der Waals surface area (Å²) in [6.07, 6.45) is 0.338. The lowest BCUT2D eigenvalue weighted by Gasteiger charge is -2.09. The number of Topliss-reactive ketones (excluding diaryl/α,β-unsaturated/α-hetero) is 1. The molecular weight excluding hydrogens is 221 g/mol. The molecule has 1 amide bonds. The summed E-state index contributed by atoms with van der Waals surface area (Å²) in [5.74, 6) is -0.550. The van der Waals surface area contributed by atoms with Crippen LogP contribution in [0.25, 0.3) is 0 Å². The van der Waals surface area contributed by atoms with E-state index in [0.717, 1.165) is 0 Å². The number of carbonyl (C=O) groups excluding carboxylic acids is 2. The number of ketones is 1. The second-order valence-electron chi connectivity index (χ2n) is 4.18. The van der Waals surface area contributed by atoms with Crippen molar-refractivity contribution in [2.24, 2.45) is 0 Å². The van der Waals surface area contributed by atoms with Gasteiger partial charge in [-0.3, -0.25) is 9.59 Å². The van der Waals surface area contributed by atoms with Crippen LogP contribution in [0.4, 0.5) is 4.39 Å². The lowest BCUT2D eigenvalue weighted by Crippen LogP contribution is -2.22. The number of halogens is 1. The Kier molecular flexibility index (Phi) is 4.37. The van der Waals surface area contributed by atoms with Crippen molar-refractivity contribution in [2.45, 2.75) is 19.8 Å². The van der Waals surface area contributed by atoms with Gasteiger partial charge in [0.25, 0.3) is 0 Å². The van der Waals surface area contributed by atoms with E-state index in [4.69, 9.17) is 0 Å². The van der Waals surface area contributed by atoms with E-state index in [-0.39, 0.29) is 30.3 Å². The van der Waals surface area contributed by atoms with E-state index in [9.17, 15) is 14.0 Å². The van der Waals surface area contributed by atoms with E-state index in [1.54, 1.807) is 21.0 Å². The SMILES string of the molecule is Cc1cc(C(=O)CCC(=O)N(C)C)ccc1F. The summed E-state index contributed by atoms with van der Waals surface area (Å²) in [5, 5.41) is 0. The molecule has 0 bridgehead atoms. The molecule has 0 saturated heterocycles. The molecule has 0 spiro atoms. The van der Waals surface area contributed by atoms with Gasteiger partial charge in [0.15, 0.2) is 5.78 Å². The summed E-state index contributed by atoms with van der Waals surface area (Å²) in [4.78, 5) is 24.5. The van der Waals surface area contributed by atoms with Gasteiger partial charge in [0, 0.05) is 32.5 Å². The van der Waals surface area contributed by atoms with Crippen molar-refractivity contribution in [3.8, 4) is 0 Å². The highest BCUT2D eigenvalue weighted by atomic mass is 19.1. The smallest absolute Gasteiger partial charge is 0.222 e. The summed E-state index contributed by atoms with van der Waals surface area (Å²) in [6, 6.07) is 4.24. The standard InChI is InChI=1S/C13H16FNO2/c1-9-8-10(4-5-11(9)14)12(16)6-7-13(17)15(2)3/h4-5,8H,6-7H2,1-3H3. The summed E-state index contributed by atoms with van der Waals surface area (Å²) >= 11 is 0. The lowest BCUT2D eigenvalue weighted by atomic mass is 10.0. The molecule has 0 radical (unpaired) electrons. The minimum atomic E-state index is -0.328. The predicted molar refractivity (Wildman–Crippen MR) is 63.4 cm³/mol. The molecule has 1 rings (SSSR count). The normalized spacial score (nSPS) is 10.1. The molecule has 0 saturated carbocycles. The number of rotatable bonds is 4. The molecule has 1 aromatic rings. The number of hydrogen-bond acceptors (Lipinski definition) is 2. The Bertz CT molecular complexity index is 441. The first-order valence-electron chi connectivity index (χ1n) is 5.41. The zero-order valence-electron chi connectivity index (χ0n) is 10.3. The van der Waals surface area contributed by atoms with Crippen LogP contribution in [0.5, 0.6) is 0 Å². The second kappa shape index (κ2) is 5.57. The van der Waals surface area contributed by atoms with Crippen LogP contribution in [0.1, 0.15) is 28.8 Å². The number of hydrogen-bond donors (Lipinski definition) is 0. The van der Waals surface area contributed by atoms with Crippen LogP contribution in [-0.2, 0) is 4.79 Å². The van der Waals surface area contributed by atoms with Gasteiger partial charge in [0.05, 0.1) is 0 Å². The largest absolute Gasteiger partial charge is 0.349 e. The topological polar surface area (TPSA) is 37.4 Å². The average molecular weight is 237 g/mol. The Morgan fingerprint density at radius 1 is 1.24 bits per heavy atom. The lowest BCUT2D eigenvalue weighted by molar-refractivity contribution is -0.128. The highest BCUT2D eigenvalue weighted by Gasteiger charge is 2.11. The van der Waals surface area contributed by atoms with Gasteiger partial charge in [-0.15, -0.1) is 0 Å². The van der Waals surface area contributed by atoms with E-state index >= 15 is 0 Å². The monoisotopic (exact) mass is 237 g/mol. The number of benzene rings is 1. The van der Waals surface area contributed by atoms with Crippen molar-refractivity contribution in [3.63, 3.8) is 0 Å². The minimum Gasteiger partial charge on any atom is -0.349 e. The molecule has 0 N–H and O–H groups in total. The van der Waals surface area contributed by atoms with E-state index in [1.807, 2.05) is 0 Å². The van der Waals surface area contributed by atoms with Crippen molar-refractivity contribution in [1.82, 2.24) is 4.90 Å². The predicted octanol–water partition coefficient (Wildman–Crippen LogP) is 2.19. The molecule has 0 heterocycles. The molecule has 92 valence electrons. The van der Waals surface area contributed by atoms with Gasteiger partial charge >= 0.3 is 0 Å². The van der Waals surface area contributed by atoms with Gasteiger partial charge in [0.1, 0.15) is 5.82 Å². The van der Waals surface area contributed by atoms with Gasteiger partial charge < -0.3 is 4.90 Å². The number of amides is 1. The third-order valence-corrected chi connectivity index (χ3v) is 2.54. The summed E-state index contributed by atoms with van der Waals surface area (Å²) < 4.78 is 13.0. The Hall–Kier alpha value is -1.71. The zero-order chi connectivity index (χ0) is 13.0. The van der Waals surface area contributed by atoms with Crippen LogP contribution in [0.15, 0.2) is 18.2 Å². The van der Waals surface area contributed by atoms with Crippen molar-refractivity contribution in [2.75, 3.05) is 14.1 Å². The number of aryl methyl sites for hydroxylation is 1. The fourth-order valence-corrected chi connectivity index (χ4v) is 1.41. The van der Waals surface area contributed by atoms with Crippen molar-refractivity contribution >= 4 is 11.7 Å². The van der Waals surface area contributed by atoms with Gasteiger partial charge in [-0.1, -0.05) is 0 Å². The Balaban J connectivity index is 2.64. The van der Waals surface area contributed by atoms with Crippen molar-refractivity contribution < 1.29 is 14.0 Å². The average Bonchev–Trinajstić information content (AvgIpc) is 2.28. The third kappa shape index (κ3) is 3.66. The molecule has 0 aliphatic heterocycles. The van der Waals surface area contributed by atoms with E-state index < -0.39 is 0 Å². The first kappa shape index (κ1) is 13.4. The van der Waals surface area contributed by atoms with Gasteiger partial charge in [-0.2, -0.15) is 0 Å². The summed E-state index contributed by atoms with van der Waals surface area (Å²) in [5.41, 5.74) is 0.894. The summed E-state index contributed by atoms with van der Waals surface area (Å²) in [6.45, 7) is 1.61. The van der Waals surface area contributed by atoms with Crippen LogP contribution < -0.4 is 0 Å². The highest BCUT2D eigenvalue weighted by Crippen LogP contribution is 2.12. The molecule has 0 fully saturated rings. The van der Waals surface area contributed by atoms with Gasteiger partial charge in [-0.05, 0) is 30.7 Å². The fraction of sp³-hybridized carbons (Fsp3) is 0.385. The molecule has 0 unspecified atom stereocenters. The van der Waals surface area contributed by atoms with E-state index in [0.29, 0.717) is 11.1 Å². The zero-order valence-corrected chi connectivity index (χ0v) is 10.3. The van der Waals surface area contributed by atoms with E-state index in [1.165, 1.54) is 23.1 Å². The maximum Gasteiger partial charge on any atom is 0.222 e. The molecule has 0 aromatic heterocycles. The molecule has 17 heavy (non-hydrogen) atoms. The molecule has 1 aromatic carbocycles. The molecule has 0 atom stereocenters. The maximum absolute atomic E-state index is 13.0. The Morgan fingerprint density at radius 2 is 1.88 bits per heavy atom. The Morgan fingerprint density at radius 3 is 2.41 bits per heavy atom. The van der Waals surface area contributed by atoms with Crippen molar-refractivity contribution in [1.29, 1.82) is 0 Å². The maximum atomic E-state index is 13.0. The first-order chi connectivity index (χ1) is 7.91. The minimum absolute atomic E-state index is 0.0859. The van der Waals surface area contributed by atoms with Crippen LogP contribution >= 0.6 is 0 Å². The van der Waals surface area contributed by atoms with Gasteiger partial charge in [0.2, 0.25) is 5.91 Å². The van der Waals surface area contributed by atoms with Gasteiger partial charge in [-0.25, -0.2) is 4.39 Å². The summed E-state index contributed by atoms with van der Waals surface area (Å²) in [7, 11) is 3.30. The first-order valence-corrected chi connectivity index (χ1v) is 5.41. The van der Waals surface area contributed by atoms with Crippen LogP contribution in [0.2, 0.25) is 0 Å². The van der Waals surface area contributed by atoms with E-state index in [2.05, 4.69) is 0 Å². The quantitative estimate of drug-likeness (QED) is 0.753. The fourth-order valence-electron chi connectivity index (χ4n) is 1.41. The molecular formula is C13H16FNO2. The number of nitrogens with zero attached hydrogens (tertiary/aromatic N) is 1. The molecule has 4 heteroatoms. The van der Waals surface area contributed by atoms with Crippen LogP contribution in [0.3, 0.4) is 0 Å². The highest BCUT2D eigenvalue weighted by molar-refractivity contribution is 5.98. The molecule has 0 aliphatic carbocycles. The number of carbonyl (C=O) groups is 2. The van der Waals surface area contributed by atoms with Crippen LogP contribution in [0, 0.1) is 12.7 Å². The molecule has 3 nitrogen and oxygen atoms in total.